The summed E-state index contributed by atoms with van der Waals surface area (Å²) in [5.41, 5.74) is -0.126. The van der Waals surface area contributed by atoms with Crippen molar-refractivity contribution in [1.82, 2.24) is 9.55 Å². The molecule has 0 unspecified atom stereocenters. The van der Waals surface area contributed by atoms with E-state index < -0.39 is 9.84 Å². The van der Waals surface area contributed by atoms with Gasteiger partial charge in [0.15, 0.2) is 0 Å². The molecule has 84 valence electrons. The van der Waals surface area contributed by atoms with Crippen LogP contribution in [0, 0.1) is 3.57 Å². The molecule has 0 saturated carbocycles. The van der Waals surface area contributed by atoms with Gasteiger partial charge in [0.05, 0.1) is 15.7 Å². The van der Waals surface area contributed by atoms with Gasteiger partial charge >= 0.3 is 0 Å². The predicted octanol–water partition coefficient (Wildman–Crippen LogP) is 0.283. The zero-order valence-electron chi connectivity index (χ0n) is 8.18. The van der Waals surface area contributed by atoms with Crippen molar-refractivity contribution in [1.29, 1.82) is 0 Å². The van der Waals surface area contributed by atoms with Crippen LogP contribution >= 0.6 is 22.6 Å². The van der Waals surface area contributed by atoms with Crippen LogP contribution in [0.5, 0.6) is 0 Å². The van der Waals surface area contributed by atoms with Gasteiger partial charge in [0.2, 0.25) is 0 Å². The van der Waals surface area contributed by atoms with Gasteiger partial charge in [-0.05, 0) is 29.0 Å². The van der Waals surface area contributed by atoms with Crippen molar-refractivity contribution >= 4 is 32.4 Å². The van der Waals surface area contributed by atoms with Crippen LogP contribution in [0.25, 0.3) is 0 Å². The molecule has 1 heterocycles. The van der Waals surface area contributed by atoms with Crippen molar-refractivity contribution in [2.75, 3.05) is 12.0 Å². The van der Waals surface area contributed by atoms with E-state index in [-0.39, 0.29) is 11.3 Å². The van der Waals surface area contributed by atoms with E-state index >= 15 is 0 Å². The number of sulfone groups is 1. The number of hydrogen-bond acceptors (Lipinski definition) is 4. The van der Waals surface area contributed by atoms with Crippen LogP contribution in [0.2, 0.25) is 0 Å². The third-order valence-electron chi connectivity index (χ3n) is 1.77. The molecule has 0 amide bonds. The van der Waals surface area contributed by atoms with Crippen LogP contribution in [0.15, 0.2) is 17.3 Å². The van der Waals surface area contributed by atoms with E-state index in [2.05, 4.69) is 4.98 Å². The van der Waals surface area contributed by atoms with Crippen LogP contribution < -0.4 is 5.56 Å². The molecule has 0 N–H and O–H groups in total. The zero-order valence-corrected chi connectivity index (χ0v) is 11.2. The predicted molar refractivity (Wildman–Crippen MR) is 65.5 cm³/mol. The molecule has 0 fully saturated rings. The molecule has 0 aromatic carbocycles. The first-order valence-corrected chi connectivity index (χ1v) is 7.42. The normalized spacial score (nSPS) is 11.6. The van der Waals surface area contributed by atoms with Gasteiger partial charge in [-0.2, -0.15) is 0 Å². The zero-order chi connectivity index (χ0) is 11.5. The number of aryl methyl sites for hydroxylation is 1. The van der Waals surface area contributed by atoms with Crippen LogP contribution in [0.3, 0.4) is 0 Å². The molecule has 0 bridgehead atoms. The van der Waals surface area contributed by atoms with E-state index in [1.54, 1.807) is 0 Å². The maximum atomic E-state index is 11.5. The smallest absolute Gasteiger partial charge is 0.266 e. The Morgan fingerprint density at radius 3 is 2.80 bits per heavy atom. The fraction of sp³-hybridized carbons (Fsp3) is 0.500. The molecule has 15 heavy (non-hydrogen) atoms. The van der Waals surface area contributed by atoms with E-state index in [1.807, 2.05) is 22.6 Å². The lowest BCUT2D eigenvalue weighted by Gasteiger charge is -2.03. The van der Waals surface area contributed by atoms with E-state index in [0.717, 1.165) is 0 Å². The van der Waals surface area contributed by atoms with Gasteiger partial charge in [0.25, 0.3) is 5.56 Å². The van der Waals surface area contributed by atoms with Gasteiger partial charge in [-0.15, -0.1) is 0 Å². The molecule has 1 aromatic heterocycles. The maximum Gasteiger partial charge on any atom is 0.266 e. The second-order valence-electron chi connectivity index (χ2n) is 3.22. The number of aromatic nitrogens is 2. The highest BCUT2D eigenvalue weighted by molar-refractivity contribution is 14.1. The minimum Gasteiger partial charge on any atom is -0.298 e. The molecule has 0 aliphatic rings. The summed E-state index contributed by atoms with van der Waals surface area (Å²) in [5, 5.41) is 0. The number of halogens is 1. The third-order valence-corrected chi connectivity index (χ3v) is 3.54. The summed E-state index contributed by atoms with van der Waals surface area (Å²) in [5.74, 6) is 0.0882. The van der Waals surface area contributed by atoms with Crippen molar-refractivity contribution < 1.29 is 8.42 Å². The van der Waals surface area contributed by atoms with Crippen LogP contribution in [-0.4, -0.2) is 30.0 Å². The Kier molecular flexibility index (Phi) is 4.26. The van der Waals surface area contributed by atoms with Gasteiger partial charge in [0, 0.05) is 19.0 Å². The molecule has 0 saturated heterocycles. The lowest BCUT2D eigenvalue weighted by atomic mass is 10.4. The highest BCUT2D eigenvalue weighted by Gasteiger charge is 2.04. The van der Waals surface area contributed by atoms with Crippen molar-refractivity contribution in [2.24, 2.45) is 0 Å². The highest BCUT2D eigenvalue weighted by atomic mass is 127. The van der Waals surface area contributed by atoms with Crippen molar-refractivity contribution in [3.05, 3.63) is 26.4 Å². The average molecular weight is 342 g/mol. The molecular weight excluding hydrogens is 331 g/mol. The second-order valence-corrected chi connectivity index (χ2v) is 6.65. The van der Waals surface area contributed by atoms with Crippen molar-refractivity contribution in [3.63, 3.8) is 0 Å². The Hall–Kier alpha value is -0.440. The van der Waals surface area contributed by atoms with Crippen LogP contribution in [0.4, 0.5) is 0 Å². The number of nitrogens with zero attached hydrogens (tertiary/aromatic N) is 2. The van der Waals surface area contributed by atoms with E-state index in [4.69, 9.17) is 0 Å². The van der Waals surface area contributed by atoms with Gasteiger partial charge in [-0.25, -0.2) is 13.4 Å². The molecule has 7 heteroatoms. The Bertz CT molecular complexity index is 495. The first-order chi connectivity index (χ1) is 6.90. The summed E-state index contributed by atoms with van der Waals surface area (Å²) in [6, 6.07) is 0. The fourth-order valence-corrected chi connectivity index (χ4v) is 2.20. The lowest BCUT2D eigenvalue weighted by molar-refractivity contribution is 0.586. The first-order valence-electron chi connectivity index (χ1n) is 4.28. The minimum absolute atomic E-state index is 0.0882. The van der Waals surface area contributed by atoms with E-state index in [1.165, 1.54) is 23.3 Å². The third kappa shape index (κ3) is 4.29. The minimum atomic E-state index is -2.95. The maximum absolute atomic E-state index is 11.5. The van der Waals surface area contributed by atoms with Gasteiger partial charge < -0.3 is 0 Å². The fourth-order valence-electron chi connectivity index (χ4n) is 1.08. The summed E-state index contributed by atoms with van der Waals surface area (Å²) in [6.07, 6.45) is 4.52. The molecule has 0 radical (unpaired) electrons. The molecule has 1 rings (SSSR count). The van der Waals surface area contributed by atoms with Crippen molar-refractivity contribution in [2.45, 2.75) is 13.0 Å². The monoisotopic (exact) mass is 342 g/mol. The molecule has 0 aliphatic heterocycles. The van der Waals surface area contributed by atoms with E-state index in [9.17, 15) is 13.2 Å². The average Bonchev–Trinajstić information content (AvgIpc) is 2.10. The molecular formula is C8H11IN2O3S. The largest absolute Gasteiger partial charge is 0.298 e. The van der Waals surface area contributed by atoms with Crippen molar-refractivity contribution in [3.8, 4) is 0 Å². The standard InChI is InChI=1S/C8H11IN2O3S/c1-15(13,14)4-2-3-11-6-10-5-7(9)8(11)12/h5-6H,2-4H2,1H3. The Labute approximate surface area is 102 Å². The Morgan fingerprint density at radius 1 is 1.53 bits per heavy atom. The SMILES string of the molecule is CS(=O)(=O)CCCn1cncc(I)c1=O. The molecule has 1 aromatic rings. The van der Waals surface area contributed by atoms with Gasteiger partial charge in [0.1, 0.15) is 9.84 Å². The molecule has 0 spiro atoms. The van der Waals surface area contributed by atoms with Crippen LogP contribution in [-0.2, 0) is 16.4 Å². The summed E-state index contributed by atoms with van der Waals surface area (Å²) in [6.45, 7) is 0.385. The quantitative estimate of drug-likeness (QED) is 0.738. The van der Waals surface area contributed by atoms with Crippen LogP contribution in [0.1, 0.15) is 6.42 Å². The Balaban J connectivity index is 2.67. The van der Waals surface area contributed by atoms with Gasteiger partial charge in [-0.3, -0.25) is 9.36 Å². The Morgan fingerprint density at radius 2 is 2.20 bits per heavy atom. The highest BCUT2D eigenvalue weighted by Crippen LogP contribution is 1.95. The number of rotatable bonds is 4. The number of hydrogen-bond donors (Lipinski definition) is 0. The van der Waals surface area contributed by atoms with Gasteiger partial charge in [-0.1, -0.05) is 0 Å². The molecule has 0 aliphatic carbocycles. The first kappa shape index (κ1) is 12.6. The summed E-state index contributed by atoms with van der Waals surface area (Å²) >= 11 is 1.90. The second kappa shape index (κ2) is 5.06. The summed E-state index contributed by atoms with van der Waals surface area (Å²) < 4.78 is 23.7. The molecule has 5 nitrogen and oxygen atoms in total. The lowest BCUT2D eigenvalue weighted by Crippen LogP contribution is -2.23. The topological polar surface area (TPSA) is 69.0 Å². The van der Waals surface area contributed by atoms with E-state index in [0.29, 0.717) is 16.5 Å². The molecule has 0 atom stereocenters. The summed E-state index contributed by atoms with van der Waals surface area (Å²) in [7, 11) is -2.95. The summed E-state index contributed by atoms with van der Waals surface area (Å²) in [4.78, 5) is 15.4.